The number of ether oxygens (including phenoxy) is 1. The zero-order chi connectivity index (χ0) is 17.5. The molecule has 7 heteroatoms. The zero-order valence-corrected chi connectivity index (χ0v) is 14.9. The first-order chi connectivity index (χ1) is 10.8. The number of nitrogens with zero attached hydrogens (tertiary/aromatic N) is 2. The van der Waals surface area contributed by atoms with E-state index in [9.17, 15) is 4.79 Å². The molecular weight excluding hydrogens is 296 g/mol. The minimum Gasteiger partial charge on any atom is -0.459 e. The van der Waals surface area contributed by atoms with Crippen LogP contribution in [0.1, 0.15) is 51.6 Å². The third-order valence-corrected chi connectivity index (χ3v) is 3.08. The lowest BCUT2D eigenvalue weighted by Crippen LogP contribution is -2.41. The Bertz CT molecular complexity index is 523. The first-order valence-electron chi connectivity index (χ1n) is 7.93. The molecule has 1 rings (SSSR count). The molecule has 0 saturated carbocycles. The van der Waals surface area contributed by atoms with E-state index in [4.69, 9.17) is 9.26 Å². The molecule has 130 valence electrons. The van der Waals surface area contributed by atoms with Crippen molar-refractivity contribution in [3.63, 3.8) is 0 Å². The average Bonchev–Trinajstić information content (AvgIpc) is 2.87. The summed E-state index contributed by atoms with van der Waals surface area (Å²) >= 11 is 0. The minimum absolute atomic E-state index is 0.0574. The average molecular weight is 324 g/mol. The van der Waals surface area contributed by atoms with Crippen LogP contribution in [-0.4, -0.2) is 36.3 Å². The highest BCUT2D eigenvalue weighted by Crippen LogP contribution is 2.15. The molecule has 0 atom stereocenters. The number of hydrogen-bond acceptors (Lipinski definition) is 5. The number of hydrogen-bond donors (Lipinski definition) is 2. The zero-order valence-electron chi connectivity index (χ0n) is 14.9. The van der Waals surface area contributed by atoms with Crippen molar-refractivity contribution in [2.24, 2.45) is 4.99 Å². The van der Waals surface area contributed by atoms with Gasteiger partial charge in [0.2, 0.25) is 0 Å². The van der Waals surface area contributed by atoms with Crippen LogP contribution in [-0.2, 0) is 28.9 Å². The molecule has 0 spiro atoms. The number of nitrogens with one attached hydrogen (secondary N) is 2. The highest BCUT2D eigenvalue weighted by Gasteiger charge is 2.17. The van der Waals surface area contributed by atoms with Crippen molar-refractivity contribution in [1.29, 1.82) is 0 Å². The molecule has 0 aliphatic heterocycles. The largest absolute Gasteiger partial charge is 0.459 e. The van der Waals surface area contributed by atoms with E-state index in [0.717, 1.165) is 29.9 Å². The van der Waals surface area contributed by atoms with Gasteiger partial charge >= 0.3 is 5.97 Å². The Morgan fingerprint density at radius 2 is 1.96 bits per heavy atom. The SMILES string of the molecule is CCc1noc(CC)c1CNC(=NC)NCC(=O)OC(C)(C)C. The van der Waals surface area contributed by atoms with Crippen LogP contribution in [0.3, 0.4) is 0 Å². The van der Waals surface area contributed by atoms with E-state index >= 15 is 0 Å². The fraction of sp³-hybridized carbons (Fsp3) is 0.688. The number of guanidine groups is 1. The van der Waals surface area contributed by atoms with Crippen LogP contribution >= 0.6 is 0 Å². The lowest BCUT2D eigenvalue weighted by molar-refractivity contribution is -0.153. The standard InChI is InChI=1S/C16H28N4O3/c1-7-12-11(13(8-2)23-20-12)9-18-15(17-6)19-10-14(21)22-16(3,4)5/h7-10H2,1-6H3,(H2,17,18,19). The van der Waals surface area contributed by atoms with Gasteiger partial charge in [-0.05, 0) is 27.2 Å². The molecule has 0 bridgehead atoms. The molecule has 0 aliphatic carbocycles. The summed E-state index contributed by atoms with van der Waals surface area (Å²) in [6, 6.07) is 0. The summed E-state index contributed by atoms with van der Waals surface area (Å²) in [7, 11) is 1.65. The van der Waals surface area contributed by atoms with E-state index in [-0.39, 0.29) is 12.5 Å². The summed E-state index contributed by atoms with van der Waals surface area (Å²) in [5.74, 6) is 1.08. The van der Waals surface area contributed by atoms with Crippen LogP contribution in [0.15, 0.2) is 9.52 Å². The molecule has 0 radical (unpaired) electrons. The molecule has 7 nitrogen and oxygen atoms in total. The number of esters is 1. The Balaban J connectivity index is 2.55. The normalized spacial score (nSPS) is 12.2. The van der Waals surface area contributed by atoms with E-state index in [0.29, 0.717) is 12.5 Å². The van der Waals surface area contributed by atoms with Crippen molar-refractivity contribution in [2.75, 3.05) is 13.6 Å². The van der Waals surface area contributed by atoms with Gasteiger partial charge in [0.25, 0.3) is 0 Å². The van der Waals surface area contributed by atoms with Gasteiger partial charge in [-0.25, -0.2) is 0 Å². The van der Waals surface area contributed by atoms with Gasteiger partial charge in [-0.1, -0.05) is 19.0 Å². The Labute approximate surface area is 137 Å². The van der Waals surface area contributed by atoms with Crippen LogP contribution in [0.2, 0.25) is 0 Å². The summed E-state index contributed by atoms with van der Waals surface area (Å²) in [5, 5.41) is 10.2. The Morgan fingerprint density at radius 1 is 1.26 bits per heavy atom. The van der Waals surface area contributed by atoms with Crippen LogP contribution in [0, 0.1) is 0 Å². The Kier molecular flexibility index (Phi) is 7.06. The van der Waals surface area contributed by atoms with Crippen molar-refractivity contribution in [2.45, 2.75) is 59.6 Å². The van der Waals surface area contributed by atoms with Gasteiger partial charge in [-0.15, -0.1) is 0 Å². The number of carbonyl (C=O) groups is 1. The van der Waals surface area contributed by atoms with Crippen LogP contribution in [0.5, 0.6) is 0 Å². The molecule has 0 saturated heterocycles. The van der Waals surface area contributed by atoms with E-state index in [1.807, 2.05) is 34.6 Å². The molecule has 0 fully saturated rings. The van der Waals surface area contributed by atoms with Crippen molar-refractivity contribution in [3.05, 3.63) is 17.0 Å². The molecular formula is C16H28N4O3. The second-order valence-electron chi connectivity index (χ2n) is 6.10. The molecule has 2 N–H and O–H groups in total. The maximum atomic E-state index is 11.7. The number of rotatable bonds is 6. The van der Waals surface area contributed by atoms with Crippen LogP contribution in [0.4, 0.5) is 0 Å². The monoisotopic (exact) mass is 324 g/mol. The lowest BCUT2D eigenvalue weighted by atomic mass is 10.1. The van der Waals surface area contributed by atoms with Crippen LogP contribution < -0.4 is 10.6 Å². The second-order valence-corrected chi connectivity index (χ2v) is 6.10. The van der Waals surface area contributed by atoms with E-state index in [1.54, 1.807) is 7.05 Å². The van der Waals surface area contributed by atoms with Gasteiger partial charge < -0.3 is 19.9 Å². The van der Waals surface area contributed by atoms with Crippen molar-refractivity contribution >= 4 is 11.9 Å². The third-order valence-electron chi connectivity index (χ3n) is 3.08. The van der Waals surface area contributed by atoms with Gasteiger partial charge in [-0.2, -0.15) is 0 Å². The van der Waals surface area contributed by atoms with Crippen molar-refractivity contribution in [3.8, 4) is 0 Å². The summed E-state index contributed by atoms with van der Waals surface area (Å²) < 4.78 is 10.6. The summed E-state index contributed by atoms with van der Waals surface area (Å²) in [4.78, 5) is 15.8. The van der Waals surface area contributed by atoms with E-state index in [2.05, 4.69) is 20.8 Å². The van der Waals surface area contributed by atoms with E-state index < -0.39 is 5.60 Å². The predicted molar refractivity (Wildman–Crippen MR) is 89.3 cm³/mol. The molecule has 0 aliphatic rings. The molecule has 1 aromatic rings. The van der Waals surface area contributed by atoms with E-state index in [1.165, 1.54) is 0 Å². The van der Waals surface area contributed by atoms with Crippen LogP contribution in [0.25, 0.3) is 0 Å². The number of aromatic nitrogens is 1. The molecule has 0 amide bonds. The maximum Gasteiger partial charge on any atom is 0.325 e. The third kappa shape index (κ3) is 6.30. The highest BCUT2D eigenvalue weighted by atomic mass is 16.6. The van der Waals surface area contributed by atoms with Gasteiger partial charge in [-0.3, -0.25) is 9.79 Å². The quantitative estimate of drug-likeness (QED) is 0.471. The summed E-state index contributed by atoms with van der Waals surface area (Å²) in [6.45, 7) is 10.2. The molecule has 1 aromatic heterocycles. The maximum absolute atomic E-state index is 11.7. The molecule has 1 heterocycles. The van der Waals surface area contributed by atoms with Crippen molar-refractivity contribution in [1.82, 2.24) is 15.8 Å². The highest BCUT2D eigenvalue weighted by molar-refractivity contribution is 5.84. The smallest absolute Gasteiger partial charge is 0.325 e. The van der Waals surface area contributed by atoms with Gasteiger partial charge in [0, 0.05) is 25.6 Å². The molecule has 0 unspecified atom stereocenters. The number of carbonyl (C=O) groups excluding carboxylic acids is 1. The lowest BCUT2D eigenvalue weighted by Gasteiger charge is -2.20. The van der Waals surface area contributed by atoms with Crippen molar-refractivity contribution < 1.29 is 14.1 Å². The fourth-order valence-electron chi connectivity index (χ4n) is 2.06. The topological polar surface area (TPSA) is 88.8 Å². The summed E-state index contributed by atoms with van der Waals surface area (Å²) in [6.07, 6.45) is 1.60. The van der Waals surface area contributed by atoms with Gasteiger partial charge in [0.05, 0.1) is 5.69 Å². The second kappa shape index (κ2) is 8.55. The number of aryl methyl sites for hydroxylation is 2. The Morgan fingerprint density at radius 3 is 2.48 bits per heavy atom. The summed E-state index contributed by atoms with van der Waals surface area (Å²) in [5.41, 5.74) is 1.50. The number of aliphatic imine (C=N–C) groups is 1. The Hall–Kier alpha value is -2.05. The molecule has 23 heavy (non-hydrogen) atoms. The molecule has 0 aromatic carbocycles. The minimum atomic E-state index is -0.496. The first-order valence-corrected chi connectivity index (χ1v) is 7.93. The first kappa shape index (κ1) is 19.0. The van der Waals surface area contributed by atoms with Gasteiger partial charge in [0.15, 0.2) is 5.96 Å². The fourth-order valence-corrected chi connectivity index (χ4v) is 2.06. The predicted octanol–water partition coefficient (Wildman–Crippen LogP) is 1.81. The van der Waals surface area contributed by atoms with Gasteiger partial charge in [0.1, 0.15) is 17.9 Å².